The Balaban J connectivity index is 1.51. The summed E-state index contributed by atoms with van der Waals surface area (Å²) in [7, 11) is 1.53. The van der Waals surface area contributed by atoms with Gasteiger partial charge in [0, 0.05) is 43.2 Å². The lowest BCUT2D eigenvalue weighted by Gasteiger charge is -2.26. The summed E-state index contributed by atoms with van der Waals surface area (Å²) in [4.78, 5) is 10.3. The molecule has 1 aliphatic rings. The SMILES string of the molecule is COc1ccc(CN2CCc3nc(-c4cccc(CO)c4)[nH]c3C2)c(F)c1. The molecule has 2 aromatic carbocycles. The highest BCUT2D eigenvalue weighted by molar-refractivity contribution is 5.57. The zero-order valence-electron chi connectivity index (χ0n) is 15.2. The van der Waals surface area contributed by atoms with Gasteiger partial charge in [-0.2, -0.15) is 0 Å². The summed E-state index contributed by atoms with van der Waals surface area (Å²) in [5, 5.41) is 9.33. The van der Waals surface area contributed by atoms with Gasteiger partial charge in [0.15, 0.2) is 0 Å². The topological polar surface area (TPSA) is 61.4 Å². The highest BCUT2D eigenvalue weighted by Gasteiger charge is 2.21. The number of ether oxygens (including phenoxy) is 1. The molecule has 0 saturated carbocycles. The number of benzene rings is 2. The fourth-order valence-corrected chi connectivity index (χ4v) is 3.46. The zero-order chi connectivity index (χ0) is 18.8. The Labute approximate surface area is 157 Å². The van der Waals surface area contributed by atoms with Crippen LogP contribution < -0.4 is 4.74 Å². The Morgan fingerprint density at radius 1 is 1.26 bits per heavy atom. The predicted molar refractivity (Wildman–Crippen MR) is 101 cm³/mol. The molecule has 2 N–H and O–H groups in total. The van der Waals surface area contributed by atoms with Crippen LogP contribution in [-0.4, -0.2) is 33.6 Å². The molecular weight excluding hydrogens is 345 g/mol. The van der Waals surface area contributed by atoms with Crippen molar-refractivity contribution in [1.82, 2.24) is 14.9 Å². The minimum Gasteiger partial charge on any atom is -0.497 e. The third kappa shape index (κ3) is 3.72. The van der Waals surface area contributed by atoms with E-state index in [0.29, 0.717) is 24.4 Å². The Morgan fingerprint density at radius 3 is 2.93 bits per heavy atom. The number of methoxy groups -OCH3 is 1. The number of imidazole rings is 1. The van der Waals surface area contributed by atoms with E-state index in [1.807, 2.05) is 24.3 Å². The second-order valence-corrected chi connectivity index (χ2v) is 6.79. The van der Waals surface area contributed by atoms with Gasteiger partial charge in [-0.05, 0) is 17.7 Å². The van der Waals surface area contributed by atoms with E-state index in [-0.39, 0.29) is 12.4 Å². The number of hydrogen-bond donors (Lipinski definition) is 2. The number of nitrogens with zero attached hydrogens (tertiary/aromatic N) is 2. The van der Waals surface area contributed by atoms with Gasteiger partial charge >= 0.3 is 0 Å². The smallest absolute Gasteiger partial charge is 0.137 e. The lowest BCUT2D eigenvalue weighted by atomic mass is 10.1. The first-order valence-electron chi connectivity index (χ1n) is 8.99. The molecule has 0 bridgehead atoms. The number of aromatic amines is 1. The van der Waals surface area contributed by atoms with E-state index in [2.05, 4.69) is 9.88 Å². The number of hydrogen-bond acceptors (Lipinski definition) is 4. The third-order valence-electron chi connectivity index (χ3n) is 4.95. The van der Waals surface area contributed by atoms with Crippen LogP contribution in [-0.2, 0) is 26.1 Å². The lowest BCUT2D eigenvalue weighted by molar-refractivity contribution is 0.238. The van der Waals surface area contributed by atoms with Crippen molar-refractivity contribution in [2.75, 3.05) is 13.7 Å². The quantitative estimate of drug-likeness (QED) is 0.727. The molecule has 6 heteroatoms. The van der Waals surface area contributed by atoms with Crippen molar-refractivity contribution < 1.29 is 14.2 Å². The number of aliphatic hydroxyl groups excluding tert-OH is 1. The van der Waals surface area contributed by atoms with Gasteiger partial charge in [0.05, 0.1) is 25.1 Å². The Bertz CT molecular complexity index is 954. The van der Waals surface area contributed by atoms with Crippen molar-refractivity contribution in [2.45, 2.75) is 26.1 Å². The van der Waals surface area contributed by atoms with Crippen molar-refractivity contribution in [2.24, 2.45) is 0 Å². The maximum Gasteiger partial charge on any atom is 0.137 e. The molecule has 0 saturated heterocycles. The molecule has 0 amide bonds. The fourth-order valence-electron chi connectivity index (χ4n) is 3.46. The number of H-pyrrole nitrogens is 1. The fraction of sp³-hybridized carbons (Fsp3) is 0.286. The zero-order valence-corrected chi connectivity index (χ0v) is 15.2. The average Bonchev–Trinajstić information content (AvgIpc) is 3.13. The monoisotopic (exact) mass is 367 g/mol. The Morgan fingerprint density at radius 2 is 2.15 bits per heavy atom. The van der Waals surface area contributed by atoms with Gasteiger partial charge in [-0.25, -0.2) is 9.37 Å². The van der Waals surface area contributed by atoms with Gasteiger partial charge in [-0.1, -0.05) is 24.3 Å². The standard InChI is InChI=1S/C21H22FN3O2/c1-27-17-6-5-16(18(22)10-17)11-25-8-7-19-20(12-25)24-21(23-19)15-4-2-3-14(9-15)13-26/h2-6,9-10,26H,7-8,11-13H2,1H3,(H,23,24). The van der Waals surface area contributed by atoms with Crippen LogP contribution in [0.2, 0.25) is 0 Å². The largest absolute Gasteiger partial charge is 0.497 e. The van der Waals surface area contributed by atoms with E-state index < -0.39 is 0 Å². The van der Waals surface area contributed by atoms with E-state index in [0.717, 1.165) is 41.3 Å². The van der Waals surface area contributed by atoms with Crippen LogP contribution in [0.5, 0.6) is 5.75 Å². The van der Waals surface area contributed by atoms with Crippen LogP contribution >= 0.6 is 0 Å². The van der Waals surface area contributed by atoms with E-state index in [9.17, 15) is 9.50 Å². The highest BCUT2D eigenvalue weighted by Crippen LogP contribution is 2.25. The van der Waals surface area contributed by atoms with Crippen molar-refractivity contribution in [3.8, 4) is 17.1 Å². The van der Waals surface area contributed by atoms with Gasteiger partial charge in [0.25, 0.3) is 0 Å². The number of rotatable bonds is 5. The summed E-state index contributed by atoms with van der Waals surface area (Å²) in [6, 6.07) is 12.7. The molecule has 3 aromatic rings. The maximum absolute atomic E-state index is 14.2. The lowest BCUT2D eigenvalue weighted by Crippen LogP contribution is -2.30. The Hall–Kier alpha value is -2.70. The summed E-state index contributed by atoms with van der Waals surface area (Å²) in [6.45, 7) is 2.09. The summed E-state index contributed by atoms with van der Waals surface area (Å²) >= 11 is 0. The number of aliphatic hydroxyl groups is 1. The van der Waals surface area contributed by atoms with Crippen molar-refractivity contribution in [3.05, 3.63) is 70.8 Å². The molecular formula is C21H22FN3O2. The molecule has 1 aliphatic heterocycles. The summed E-state index contributed by atoms with van der Waals surface area (Å²) in [5.74, 6) is 1.10. The molecule has 0 unspecified atom stereocenters. The van der Waals surface area contributed by atoms with Crippen LogP contribution in [0.1, 0.15) is 22.5 Å². The summed E-state index contributed by atoms with van der Waals surface area (Å²) in [6.07, 6.45) is 0.823. The third-order valence-corrected chi connectivity index (χ3v) is 4.95. The normalized spacial score (nSPS) is 14.2. The van der Waals surface area contributed by atoms with Crippen LogP contribution in [0.4, 0.5) is 4.39 Å². The van der Waals surface area contributed by atoms with Crippen LogP contribution in [0, 0.1) is 5.82 Å². The molecule has 2 heterocycles. The van der Waals surface area contributed by atoms with Crippen LogP contribution in [0.3, 0.4) is 0 Å². The number of halogens is 1. The first-order chi connectivity index (χ1) is 13.2. The number of fused-ring (bicyclic) bond motifs is 1. The minimum absolute atomic E-state index is 0.00939. The van der Waals surface area contributed by atoms with E-state index in [4.69, 9.17) is 9.72 Å². The number of aromatic nitrogens is 2. The molecule has 1 aromatic heterocycles. The first-order valence-corrected chi connectivity index (χ1v) is 8.99. The molecule has 0 atom stereocenters. The van der Waals surface area contributed by atoms with Gasteiger partial charge in [0.1, 0.15) is 17.4 Å². The molecule has 0 aliphatic carbocycles. The van der Waals surface area contributed by atoms with Crippen molar-refractivity contribution >= 4 is 0 Å². The maximum atomic E-state index is 14.2. The van der Waals surface area contributed by atoms with Gasteiger partial charge in [-0.15, -0.1) is 0 Å². The van der Waals surface area contributed by atoms with E-state index >= 15 is 0 Å². The molecule has 27 heavy (non-hydrogen) atoms. The van der Waals surface area contributed by atoms with Crippen LogP contribution in [0.25, 0.3) is 11.4 Å². The molecule has 140 valence electrons. The summed E-state index contributed by atoms with van der Waals surface area (Å²) < 4.78 is 19.3. The van der Waals surface area contributed by atoms with Gasteiger partial charge in [-0.3, -0.25) is 4.90 Å². The van der Waals surface area contributed by atoms with E-state index in [1.54, 1.807) is 12.1 Å². The highest BCUT2D eigenvalue weighted by atomic mass is 19.1. The second kappa shape index (κ2) is 7.50. The molecule has 0 spiro atoms. The molecule has 4 rings (SSSR count). The first kappa shape index (κ1) is 17.7. The molecule has 0 radical (unpaired) electrons. The average molecular weight is 367 g/mol. The van der Waals surface area contributed by atoms with Gasteiger partial charge < -0.3 is 14.8 Å². The number of nitrogens with one attached hydrogen (secondary N) is 1. The molecule has 5 nitrogen and oxygen atoms in total. The van der Waals surface area contributed by atoms with Gasteiger partial charge in [0.2, 0.25) is 0 Å². The van der Waals surface area contributed by atoms with Crippen molar-refractivity contribution in [1.29, 1.82) is 0 Å². The van der Waals surface area contributed by atoms with Crippen molar-refractivity contribution in [3.63, 3.8) is 0 Å². The summed E-state index contributed by atoms with van der Waals surface area (Å²) in [5.41, 5.74) is 4.61. The second-order valence-electron chi connectivity index (χ2n) is 6.79. The predicted octanol–water partition coefficient (Wildman–Crippen LogP) is 3.28. The van der Waals surface area contributed by atoms with E-state index in [1.165, 1.54) is 13.2 Å². The minimum atomic E-state index is -0.244. The van der Waals surface area contributed by atoms with Crippen LogP contribution in [0.15, 0.2) is 42.5 Å². The Kier molecular flexibility index (Phi) is 4.92. The molecule has 0 fully saturated rings.